The van der Waals surface area contributed by atoms with E-state index in [0.717, 1.165) is 5.56 Å². The molecule has 0 aromatic heterocycles. The average Bonchev–Trinajstić information content (AvgIpc) is 2.84. The molecule has 0 saturated carbocycles. The Hall–Kier alpha value is -3.91. The molecule has 186 valence electrons. The Bertz CT molecular complexity index is 1360. The molecule has 0 fully saturated rings. The van der Waals surface area contributed by atoms with Gasteiger partial charge in [0, 0.05) is 18.2 Å². The highest BCUT2D eigenvalue weighted by Crippen LogP contribution is 2.32. The second kappa shape index (κ2) is 10.4. The number of halogens is 2. The zero-order valence-corrected chi connectivity index (χ0v) is 20.8. The molecule has 1 aliphatic rings. The molecule has 0 aliphatic carbocycles. The Morgan fingerprint density at radius 3 is 2.61 bits per heavy atom. The maximum absolute atomic E-state index is 13.5. The number of nitrogens with zero attached hydrogens (tertiary/aromatic N) is 1. The van der Waals surface area contributed by atoms with Crippen molar-refractivity contribution in [2.45, 2.75) is 27.3 Å². The zero-order chi connectivity index (χ0) is 26.0. The second-order valence-corrected chi connectivity index (χ2v) is 9.20. The van der Waals surface area contributed by atoms with Gasteiger partial charge in [-0.3, -0.25) is 19.3 Å². The van der Waals surface area contributed by atoms with Gasteiger partial charge < -0.3 is 15.4 Å². The molecule has 1 aliphatic heterocycles. The van der Waals surface area contributed by atoms with E-state index in [9.17, 15) is 18.8 Å². The molecule has 0 spiro atoms. The first-order valence-corrected chi connectivity index (χ1v) is 11.7. The third-order valence-electron chi connectivity index (χ3n) is 5.78. The Morgan fingerprint density at radius 1 is 1.11 bits per heavy atom. The van der Waals surface area contributed by atoms with Crippen LogP contribution in [0.25, 0.3) is 0 Å². The Labute approximate surface area is 213 Å². The summed E-state index contributed by atoms with van der Waals surface area (Å²) in [6.07, 6.45) is 0. The lowest BCUT2D eigenvalue weighted by Gasteiger charge is -2.30. The van der Waals surface area contributed by atoms with E-state index in [4.69, 9.17) is 16.3 Å². The standard InChI is InChI=1S/C27H25ClFN3O4/c1-15(2)25(33)30-13-17-4-7-22(28)20(11-17)26(34)31-19-6-9-24-21(12-19)27(35)32(14-36-24)23-8-5-18(29)10-16(23)3/h4-12,15H,13-14H2,1-3H3,(H,30,33)(H,31,34). The van der Waals surface area contributed by atoms with Crippen LogP contribution in [0, 0.1) is 18.7 Å². The van der Waals surface area contributed by atoms with Crippen molar-refractivity contribution in [1.29, 1.82) is 0 Å². The molecule has 3 amide bonds. The lowest BCUT2D eigenvalue weighted by molar-refractivity contribution is -0.124. The Balaban J connectivity index is 1.53. The van der Waals surface area contributed by atoms with E-state index in [-0.39, 0.29) is 47.2 Å². The van der Waals surface area contributed by atoms with Crippen molar-refractivity contribution in [3.8, 4) is 5.75 Å². The molecular weight excluding hydrogens is 485 g/mol. The summed E-state index contributed by atoms with van der Waals surface area (Å²) in [6, 6.07) is 13.9. The fourth-order valence-electron chi connectivity index (χ4n) is 3.79. The third kappa shape index (κ3) is 5.33. The first-order valence-electron chi connectivity index (χ1n) is 11.4. The minimum Gasteiger partial charge on any atom is -0.472 e. The van der Waals surface area contributed by atoms with Crippen LogP contribution in [-0.2, 0) is 11.3 Å². The number of ether oxygens (including phenoxy) is 1. The summed E-state index contributed by atoms with van der Waals surface area (Å²) in [6.45, 7) is 5.55. The number of anilines is 2. The minimum absolute atomic E-state index is 0.0141. The van der Waals surface area contributed by atoms with Crippen molar-refractivity contribution in [3.63, 3.8) is 0 Å². The van der Waals surface area contributed by atoms with Crippen LogP contribution in [-0.4, -0.2) is 24.5 Å². The van der Waals surface area contributed by atoms with Gasteiger partial charge in [-0.05, 0) is 66.6 Å². The summed E-state index contributed by atoms with van der Waals surface area (Å²) < 4.78 is 19.3. The third-order valence-corrected chi connectivity index (χ3v) is 6.11. The van der Waals surface area contributed by atoms with Crippen molar-refractivity contribution >= 4 is 40.7 Å². The van der Waals surface area contributed by atoms with E-state index < -0.39 is 11.7 Å². The van der Waals surface area contributed by atoms with Crippen LogP contribution < -0.4 is 20.3 Å². The fraction of sp³-hybridized carbons (Fsp3) is 0.222. The maximum Gasteiger partial charge on any atom is 0.264 e. The molecule has 36 heavy (non-hydrogen) atoms. The molecule has 2 N–H and O–H groups in total. The van der Waals surface area contributed by atoms with Gasteiger partial charge in [-0.1, -0.05) is 31.5 Å². The largest absolute Gasteiger partial charge is 0.472 e. The van der Waals surface area contributed by atoms with Gasteiger partial charge in [-0.25, -0.2) is 4.39 Å². The van der Waals surface area contributed by atoms with Crippen molar-refractivity contribution < 1.29 is 23.5 Å². The van der Waals surface area contributed by atoms with Gasteiger partial charge in [0.05, 0.1) is 21.8 Å². The van der Waals surface area contributed by atoms with Crippen LogP contribution >= 0.6 is 11.6 Å². The predicted octanol–water partition coefficient (Wildman–Crippen LogP) is 5.31. The number of aryl methyl sites for hydroxylation is 1. The quantitative estimate of drug-likeness (QED) is 0.471. The molecule has 7 nitrogen and oxygen atoms in total. The van der Waals surface area contributed by atoms with Crippen LogP contribution in [0.1, 0.15) is 45.7 Å². The minimum atomic E-state index is -0.465. The number of fused-ring (bicyclic) bond motifs is 1. The molecular formula is C27H25ClFN3O4. The van der Waals surface area contributed by atoms with Gasteiger partial charge in [-0.15, -0.1) is 0 Å². The Kier molecular flexibility index (Phi) is 7.26. The SMILES string of the molecule is Cc1cc(F)ccc1N1COc2ccc(NC(=O)c3cc(CNC(=O)C(C)C)ccc3Cl)cc2C1=O. The van der Waals surface area contributed by atoms with Crippen LogP contribution in [0.5, 0.6) is 5.75 Å². The molecule has 0 saturated heterocycles. The number of carbonyl (C=O) groups excluding carboxylic acids is 3. The van der Waals surface area contributed by atoms with E-state index in [2.05, 4.69) is 10.6 Å². The fourth-order valence-corrected chi connectivity index (χ4v) is 3.99. The molecule has 1 heterocycles. The van der Waals surface area contributed by atoms with E-state index in [1.54, 1.807) is 51.1 Å². The van der Waals surface area contributed by atoms with Gasteiger partial charge in [-0.2, -0.15) is 0 Å². The van der Waals surface area contributed by atoms with E-state index in [1.165, 1.54) is 29.2 Å². The van der Waals surface area contributed by atoms with Crippen LogP contribution in [0.4, 0.5) is 15.8 Å². The molecule has 0 unspecified atom stereocenters. The van der Waals surface area contributed by atoms with E-state index in [0.29, 0.717) is 22.7 Å². The van der Waals surface area contributed by atoms with Crippen LogP contribution in [0.3, 0.4) is 0 Å². The molecule has 3 aromatic rings. The van der Waals surface area contributed by atoms with E-state index in [1.807, 2.05) is 0 Å². The lowest BCUT2D eigenvalue weighted by atomic mass is 10.1. The highest BCUT2D eigenvalue weighted by molar-refractivity contribution is 6.34. The van der Waals surface area contributed by atoms with Crippen molar-refractivity contribution in [3.05, 3.63) is 87.7 Å². The van der Waals surface area contributed by atoms with Crippen molar-refractivity contribution in [2.24, 2.45) is 5.92 Å². The number of hydrogen-bond acceptors (Lipinski definition) is 4. The van der Waals surface area contributed by atoms with Crippen LogP contribution in [0.15, 0.2) is 54.6 Å². The van der Waals surface area contributed by atoms with E-state index >= 15 is 0 Å². The van der Waals surface area contributed by atoms with Gasteiger partial charge in [0.15, 0.2) is 6.73 Å². The topological polar surface area (TPSA) is 87.7 Å². The average molecular weight is 510 g/mol. The highest BCUT2D eigenvalue weighted by atomic mass is 35.5. The monoisotopic (exact) mass is 509 g/mol. The first kappa shape index (κ1) is 25.2. The normalized spacial score (nSPS) is 12.7. The molecule has 0 bridgehead atoms. The number of benzene rings is 3. The van der Waals surface area contributed by atoms with Gasteiger partial charge in [0.25, 0.3) is 11.8 Å². The summed E-state index contributed by atoms with van der Waals surface area (Å²) in [4.78, 5) is 39.5. The predicted molar refractivity (Wildman–Crippen MR) is 136 cm³/mol. The van der Waals surface area contributed by atoms with Crippen LogP contribution in [0.2, 0.25) is 5.02 Å². The molecule has 3 aromatic carbocycles. The smallest absolute Gasteiger partial charge is 0.264 e. The van der Waals surface area contributed by atoms with Crippen molar-refractivity contribution in [2.75, 3.05) is 16.9 Å². The van der Waals surface area contributed by atoms with Crippen molar-refractivity contribution in [1.82, 2.24) is 5.32 Å². The molecule has 0 atom stereocenters. The molecule has 9 heteroatoms. The number of rotatable bonds is 6. The lowest BCUT2D eigenvalue weighted by Crippen LogP contribution is -2.39. The summed E-state index contributed by atoms with van der Waals surface area (Å²) in [7, 11) is 0. The summed E-state index contributed by atoms with van der Waals surface area (Å²) in [5.74, 6) is -1.05. The van der Waals surface area contributed by atoms with Gasteiger partial charge in [0.1, 0.15) is 11.6 Å². The first-order chi connectivity index (χ1) is 17.1. The van der Waals surface area contributed by atoms with Gasteiger partial charge >= 0.3 is 0 Å². The summed E-state index contributed by atoms with van der Waals surface area (Å²) in [5, 5.41) is 5.83. The summed E-state index contributed by atoms with van der Waals surface area (Å²) in [5.41, 5.74) is 2.73. The number of carbonyl (C=O) groups is 3. The second-order valence-electron chi connectivity index (χ2n) is 8.79. The maximum atomic E-state index is 13.5. The number of hydrogen-bond donors (Lipinski definition) is 2. The highest BCUT2D eigenvalue weighted by Gasteiger charge is 2.28. The number of amides is 3. The zero-order valence-electron chi connectivity index (χ0n) is 20.0. The Morgan fingerprint density at radius 2 is 1.89 bits per heavy atom. The summed E-state index contributed by atoms with van der Waals surface area (Å²) >= 11 is 6.27. The molecule has 0 radical (unpaired) electrons. The number of nitrogens with one attached hydrogen (secondary N) is 2. The van der Waals surface area contributed by atoms with Gasteiger partial charge in [0.2, 0.25) is 5.91 Å². The molecule has 4 rings (SSSR count).